The Morgan fingerprint density at radius 3 is 2.27 bits per heavy atom. The molecular formula is C7H9NO2S. The minimum atomic E-state index is -0.940. The van der Waals surface area contributed by atoms with Gasteiger partial charge in [-0.2, -0.15) is 0 Å². The van der Waals surface area contributed by atoms with Crippen molar-refractivity contribution in [3.8, 4) is 0 Å². The van der Waals surface area contributed by atoms with Crippen molar-refractivity contribution in [3.05, 3.63) is 16.0 Å². The Hall–Kier alpha value is -1.03. The number of hydrogen-bond donors (Lipinski definition) is 2. The van der Waals surface area contributed by atoms with Gasteiger partial charge in [0.2, 0.25) is 0 Å². The first-order valence-corrected chi connectivity index (χ1v) is 3.94. The van der Waals surface area contributed by atoms with Gasteiger partial charge in [-0.25, -0.2) is 4.79 Å². The highest BCUT2D eigenvalue weighted by Crippen LogP contribution is 2.29. The number of anilines is 1. The lowest BCUT2D eigenvalue weighted by atomic mass is 10.2. The average Bonchev–Trinajstić information content (AvgIpc) is 2.07. The molecule has 1 rings (SSSR count). The van der Waals surface area contributed by atoms with Crippen molar-refractivity contribution in [3.63, 3.8) is 0 Å². The van der Waals surface area contributed by atoms with Crippen LogP contribution in [-0.2, 0) is 0 Å². The van der Waals surface area contributed by atoms with Gasteiger partial charge >= 0.3 is 5.97 Å². The van der Waals surface area contributed by atoms with Crippen molar-refractivity contribution in [1.82, 2.24) is 0 Å². The number of carboxylic acid groups (broad SMARTS) is 1. The number of thiophene rings is 1. The normalized spacial score (nSPS) is 10.0. The number of aryl methyl sites for hydroxylation is 1. The highest BCUT2D eigenvalue weighted by Gasteiger charge is 2.15. The van der Waals surface area contributed by atoms with Gasteiger partial charge in [0.1, 0.15) is 5.00 Å². The third-order valence-electron chi connectivity index (χ3n) is 1.63. The SMILES string of the molecule is Cc1sc(N)c(C(=O)O)c1C. The molecule has 0 atom stereocenters. The molecule has 3 N–H and O–H groups in total. The smallest absolute Gasteiger partial charge is 0.338 e. The number of carboxylic acids is 1. The molecule has 0 radical (unpaired) electrons. The van der Waals surface area contributed by atoms with Crippen molar-refractivity contribution in [1.29, 1.82) is 0 Å². The van der Waals surface area contributed by atoms with Crippen LogP contribution >= 0.6 is 11.3 Å². The van der Waals surface area contributed by atoms with Gasteiger partial charge in [-0.1, -0.05) is 0 Å². The first-order chi connectivity index (χ1) is 5.04. The lowest BCUT2D eigenvalue weighted by molar-refractivity contribution is 0.0698. The molecule has 11 heavy (non-hydrogen) atoms. The number of nitrogen functional groups attached to an aromatic ring is 1. The molecule has 0 amide bonds. The number of carbonyl (C=O) groups is 1. The van der Waals surface area contributed by atoms with Crippen LogP contribution in [0.2, 0.25) is 0 Å². The molecule has 0 aliphatic carbocycles. The zero-order valence-corrected chi connectivity index (χ0v) is 7.16. The van der Waals surface area contributed by atoms with Crippen LogP contribution in [0.25, 0.3) is 0 Å². The van der Waals surface area contributed by atoms with Gasteiger partial charge in [0.05, 0.1) is 5.56 Å². The van der Waals surface area contributed by atoms with E-state index in [2.05, 4.69) is 0 Å². The summed E-state index contributed by atoms with van der Waals surface area (Å²) in [6, 6.07) is 0. The second-order valence-electron chi connectivity index (χ2n) is 2.33. The fourth-order valence-corrected chi connectivity index (χ4v) is 1.85. The van der Waals surface area contributed by atoms with E-state index in [-0.39, 0.29) is 5.56 Å². The summed E-state index contributed by atoms with van der Waals surface area (Å²) >= 11 is 1.32. The molecule has 1 aromatic heterocycles. The maximum Gasteiger partial charge on any atom is 0.338 e. The maximum atomic E-state index is 10.6. The summed E-state index contributed by atoms with van der Waals surface area (Å²) < 4.78 is 0. The van der Waals surface area contributed by atoms with Gasteiger partial charge in [0, 0.05) is 4.88 Å². The maximum absolute atomic E-state index is 10.6. The second kappa shape index (κ2) is 2.54. The molecule has 0 fully saturated rings. The Balaban J connectivity index is 3.34. The van der Waals surface area contributed by atoms with E-state index in [1.54, 1.807) is 6.92 Å². The van der Waals surface area contributed by atoms with Crippen LogP contribution in [-0.4, -0.2) is 11.1 Å². The van der Waals surface area contributed by atoms with Crippen molar-refractivity contribution in [2.45, 2.75) is 13.8 Å². The van der Waals surface area contributed by atoms with Crippen LogP contribution in [0, 0.1) is 13.8 Å². The minimum absolute atomic E-state index is 0.257. The molecule has 1 aromatic rings. The molecule has 60 valence electrons. The van der Waals surface area contributed by atoms with E-state index in [1.165, 1.54) is 11.3 Å². The second-order valence-corrected chi connectivity index (χ2v) is 3.58. The molecule has 4 heteroatoms. The van der Waals surface area contributed by atoms with Crippen LogP contribution < -0.4 is 5.73 Å². The quantitative estimate of drug-likeness (QED) is 0.675. The Morgan fingerprint density at radius 1 is 1.55 bits per heavy atom. The van der Waals surface area contributed by atoms with Crippen LogP contribution in [0.15, 0.2) is 0 Å². The number of rotatable bonds is 1. The lowest BCUT2D eigenvalue weighted by Gasteiger charge is -1.92. The summed E-state index contributed by atoms with van der Waals surface area (Å²) in [6.07, 6.45) is 0. The van der Waals surface area contributed by atoms with Crippen LogP contribution in [0.4, 0.5) is 5.00 Å². The van der Waals surface area contributed by atoms with Crippen molar-refractivity contribution in [2.75, 3.05) is 5.73 Å². The number of aromatic carboxylic acids is 1. The van der Waals surface area contributed by atoms with E-state index in [4.69, 9.17) is 10.8 Å². The molecule has 3 nitrogen and oxygen atoms in total. The van der Waals surface area contributed by atoms with E-state index >= 15 is 0 Å². The van der Waals surface area contributed by atoms with E-state index in [1.807, 2.05) is 6.92 Å². The molecule has 0 saturated carbocycles. The van der Waals surface area contributed by atoms with Crippen LogP contribution in [0.5, 0.6) is 0 Å². The summed E-state index contributed by atoms with van der Waals surface area (Å²) in [4.78, 5) is 11.6. The van der Waals surface area contributed by atoms with E-state index in [0.717, 1.165) is 10.4 Å². The van der Waals surface area contributed by atoms with E-state index in [0.29, 0.717) is 5.00 Å². The first-order valence-electron chi connectivity index (χ1n) is 3.12. The van der Waals surface area contributed by atoms with Gasteiger partial charge < -0.3 is 10.8 Å². The summed E-state index contributed by atoms with van der Waals surface area (Å²) in [5.74, 6) is -0.940. The monoisotopic (exact) mass is 171 g/mol. The van der Waals surface area contributed by atoms with Gasteiger partial charge in [0.15, 0.2) is 0 Å². The third-order valence-corrected chi connectivity index (χ3v) is 2.66. The summed E-state index contributed by atoms with van der Waals surface area (Å²) in [5, 5.41) is 9.08. The molecule has 0 aliphatic rings. The van der Waals surface area contributed by atoms with Gasteiger partial charge in [-0.15, -0.1) is 11.3 Å². The predicted octanol–water partition coefficient (Wildman–Crippen LogP) is 1.65. The standard InChI is InChI=1S/C7H9NO2S/c1-3-4(2)11-6(8)5(3)7(9)10/h8H2,1-2H3,(H,9,10). The number of hydrogen-bond acceptors (Lipinski definition) is 3. The van der Waals surface area contributed by atoms with Crippen molar-refractivity contribution in [2.24, 2.45) is 0 Å². The van der Waals surface area contributed by atoms with E-state index < -0.39 is 5.97 Å². The van der Waals surface area contributed by atoms with Crippen molar-refractivity contribution < 1.29 is 9.90 Å². The van der Waals surface area contributed by atoms with Crippen LogP contribution in [0.1, 0.15) is 20.8 Å². The zero-order chi connectivity index (χ0) is 8.59. The van der Waals surface area contributed by atoms with Crippen molar-refractivity contribution >= 4 is 22.3 Å². The molecular weight excluding hydrogens is 162 g/mol. The molecule has 0 aliphatic heterocycles. The van der Waals surface area contributed by atoms with Gasteiger partial charge in [-0.3, -0.25) is 0 Å². The third kappa shape index (κ3) is 1.21. The van der Waals surface area contributed by atoms with Crippen LogP contribution in [0.3, 0.4) is 0 Å². The predicted molar refractivity (Wildman–Crippen MR) is 45.2 cm³/mol. The molecule has 0 aromatic carbocycles. The summed E-state index contributed by atoms with van der Waals surface area (Å²) in [5.41, 5.74) is 6.52. The molecule has 0 unspecified atom stereocenters. The largest absolute Gasteiger partial charge is 0.478 e. The Morgan fingerprint density at radius 2 is 2.09 bits per heavy atom. The topological polar surface area (TPSA) is 63.3 Å². The fourth-order valence-electron chi connectivity index (χ4n) is 0.919. The minimum Gasteiger partial charge on any atom is -0.478 e. The zero-order valence-electron chi connectivity index (χ0n) is 6.34. The molecule has 0 saturated heterocycles. The highest BCUT2D eigenvalue weighted by molar-refractivity contribution is 7.16. The lowest BCUT2D eigenvalue weighted by Crippen LogP contribution is -2.00. The highest BCUT2D eigenvalue weighted by atomic mass is 32.1. The molecule has 1 heterocycles. The van der Waals surface area contributed by atoms with Gasteiger partial charge in [-0.05, 0) is 19.4 Å². The average molecular weight is 171 g/mol. The molecule has 0 bridgehead atoms. The first kappa shape index (κ1) is 8.07. The molecule has 0 spiro atoms. The summed E-state index contributed by atoms with van der Waals surface area (Å²) in [6.45, 7) is 3.63. The van der Waals surface area contributed by atoms with Gasteiger partial charge in [0.25, 0.3) is 0 Å². The Kier molecular flexibility index (Phi) is 1.87. The van der Waals surface area contributed by atoms with E-state index in [9.17, 15) is 4.79 Å². The Bertz CT molecular complexity index is 304. The summed E-state index contributed by atoms with van der Waals surface area (Å²) in [7, 11) is 0. The Labute approximate surface area is 68.5 Å². The fraction of sp³-hybridized carbons (Fsp3) is 0.286. The number of nitrogens with two attached hydrogens (primary N) is 1.